The number of ether oxygens (including phenoxy) is 1. The van der Waals surface area contributed by atoms with Crippen molar-refractivity contribution in [3.63, 3.8) is 0 Å². The molecule has 0 fully saturated rings. The third-order valence-electron chi connectivity index (χ3n) is 3.68. The van der Waals surface area contributed by atoms with E-state index in [1.165, 1.54) is 19.2 Å². The van der Waals surface area contributed by atoms with Crippen molar-refractivity contribution in [2.24, 2.45) is 7.05 Å². The molecule has 0 atom stereocenters. The van der Waals surface area contributed by atoms with E-state index in [2.05, 4.69) is 0 Å². The van der Waals surface area contributed by atoms with Crippen LogP contribution < -0.4 is 10.2 Å². The minimum absolute atomic E-state index is 0.00486. The standard InChI is InChI=1S/C15H11ClN2O4/c1-17-10-4-3-5-13(22-2)14(10)15(19)8-6-12(18(20)21)9(16)7-11(8)17/h3-7H,1-2H3. The molecular weight excluding hydrogens is 308 g/mol. The zero-order chi connectivity index (χ0) is 16.0. The second-order valence-corrected chi connectivity index (χ2v) is 5.23. The number of halogens is 1. The predicted molar refractivity (Wildman–Crippen MR) is 84.9 cm³/mol. The smallest absolute Gasteiger partial charge is 0.288 e. The molecule has 3 rings (SSSR count). The summed E-state index contributed by atoms with van der Waals surface area (Å²) >= 11 is 5.95. The van der Waals surface area contributed by atoms with Gasteiger partial charge in [-0.25, -0.2) is 0 Å². The fourth-order valence-electron chi connectivity index (χ4n) is 2.61. The number of hydrogen-bond donors (Lipinski definition) is 0. The molecule has 0 N–H and O–H groups in total. The van der Waals surface area contributed by atoms with Gasteiger partial charge in [-0.1, -0.05) is 17.7 Å². The molecule has 112 valence electrons. The summed E-state index contributed by atoms with van der Waals surface area (Å²) in [6, 6.07) is 7.90. The molecule has 1 heterocycles. The van der Waals surface area contributed by atoms with Crippen molar-refractivity contribution in [3.05, 3.63) is 55.7 Å². The van der Waals surface area contributed by atoms with Gasteiger partial charge in [0.1, 0.15) is 10.8 Å². The van der Waals surface area contributed by atoms with Crippen molar-refractivity contribution in [2.45, 2.75) is 0 Å². The first-order valence-corrected chi connectivity index (χ1v) is 6.77. The number of rotatable bonds is 2. The number of benzene rings is 2. The van der Waals surface area contributed by atoms with E-state index in [9.17, 15) is 14.9 Å². The van der Waals surface area contributed by atoms with Crippen LogP contribution in [0.1, 0.15) is 0 Å². The summed E-state index contributed by atoms with van der Waals surface area (Å²) in [6.07, 6.45) is 0. The fraction of sp³-hybridized carbons (Fsp3) is 0.133. The molecule has 3 aromatic rings. The summed E-state index contributed by atoms with van der Waals surface area (Å²) in [7, 11) is 3.24. The molecular formula is C15H11ClN2O4. The third kappa shape index (κ3) is 1.92. The Labute approximate surface area is 129 Å². The molecule has 0 radical (unpaired) electrons. The number of nitro benzene ring substituents is 1. The summed E-state index contributed by atoms with van der Waals surface area (Å²) in [5, 5.41) is 11.6. The van der Waals surface area contributed by atoms with E-state index in [0.717, 1.165) is 0 Å². The Morgan fingerprint density at radius 2 is 2.00 bits per heavy atom. The summed E-state index contributed by atoms with van der Waals surface area (Å²) in [6.45, 7) is 0. The van der Waals surface area contributed by atoms with Gasteiger partial charge in [0, 0.05) is 13.1 Å². The Morgan fingerprint density at radius 3 is 2.64 bits per heavy atom. The van der Waals surface area contributed by atoms with Crippen LogP contribution in [-0.2, 0) is 7.05 Å². The molecule has 0 bridgehead atoms. The van der Waals surface area contributed by atoms with Gasteiger partial charge in [-0.15, -0.1) is 0 Å². The zero-order valence-corrected chi connectivity index (χ0v) is 12.5. The first-order valence-electron chi connectivity index (χ1n) is 6.39. The van der Waals surface area contributed by atoms with E-state index >= 15 is 0 Å². The first kappa shape index (κ1) is 14.3. The van der Waals surface area contributed by atoms with Gasteiger partial charge >= 0.3 is 0 Å². The molecule has 0 amide bonds. The van der Waals surface area contributed by atoms with Crippen LogP contribution in [0, 0.1) is 10.1 Å². The summed E-state index contributed by atoms with van der Waals surface area (Å²) in [5.41, 5.74) is 0.587. The highest BCUT2D eigenvalue weighted by molar-refractivity contribution is 6.33. The zero-order valence-electron chi connectivity index (χ0n) is 11.8. The number of fused-ring (bicyclic) bond motifs is 2. The highest BCUT2D eigenvalue weighted by atomic mass is 35.5. The van der Waals surface area contributed by atoms with Crippen molar-refractivity contribution in [3.8, 4) is 5.75 Å². The maximum Gasteiger partial charge on any atom is 0.288 e. The lowest BCUT2D eigenvalue weighted by molar-refractivity contribution is -0.384. The van der Waals surface area contributed by atoms with Gasteiger partial charge in [0.05, 0.1) is 33.8 Å². The van der Waals surface area contributed by atoms with E-state index in [1.807, 2.05) is 0 Å². The molecule has 1 aromatic heterocycles. The van der Waals surface area contributed by atoms with Crippen molar-refractivity contribution >= 4 is 39.1 Å². The SMILES string of the molecule is COc1cccc2c1c(=O)c1cc([N+](=O)[O-])c(Cl)cc1n2C. The maximum atomic E-state index is 12.7. The van der Waals surface area contributed by atoms with E-state index in [4.69, 9.17) is 16.3 Å². The number of nitro groups is 1. The van der Waals surface area contributed by atoms with Crippen LogP contribution >= 0.6 is 11.6 Å². The Hall–Kier alpha value is -2.60. The highest BCUT2D eigenvalue weighted by Gasteiger charge is 2.19. The summed E-state index contributed by atoms with van der Waals surface area (Å²) in [4.78, 5) is 23.2. The van der Waals surface area contributed by atoms with Gasteiger partial charge in [0.2, 0.25) is 5.43 Å². The van der Waals surface area contributed by atoms with E-state index < -0.39 is 4.92 Å². The van der Waals surface area contributed by atoms with Crippen LogP contribution in [0.3, 0.4) is 0 Å². The van der Waals surface area contributed by atoms with E-state index in [1.54, 1.807) is 29.8 Å². The van der Waals surface area contributed by atoms with Crippen LogP contribution in [0.2, 0.25) is 5.02 Å². The minimum atomic E-state index is -0.604. The molecule has 0 saturated heterocycles. The molecule has 2 aromatic carbocycles. The van der Waals surface area contributed by atoms with Gasteiger partial charge in [0.25, 0.3) is 5.69 Å². The number of pyridine rings is 1. The second kappa shape index (κ2) is 4.99. The van der Waals surface area contributed by atoms with Crippen molar-refractivity contribution in [2.75, 3.05) is 7.11 Å². The Morgan fingerprint density at radius 1 is 1.27 bits per heavy atom. The summed E-state index contributed by atoms with van der Waals surface area (Å²) < 4.78 is 7.01. The average Bonchev–Trinajstić information content (AvgIpc) is 2.51. The van der Waals surface area contributed by atoms with Crippen LogP contribution in [0.5, 0.6) is 5.75 Å². The molecule has 6 nitrogen and oxygen atoms in total. The molecule has 0 aliphatic rings. The number of aromatic nitrogens is 1. The van der Waals surface area contributed by atoms with Gasteiger partial charge in [0.15, 0.2) is 0 Å². The third-order valence-corrected chi connectivity index (χ3v) is 3.98. The minimum Gasteiger partial charge on any atom is -0.496 e. The van der Waals surface area contributed by atoms with Gasteiger partial charge < -0.3 is 9.30 Å². The molecule has 0 spiro atoms. The number of aryl methyl sites for hydroxylation is 1. The average molecular weight is 319 g/mol. The van der Waals surface area contributed by atoms with Crippen LogP contribution in [0.4, 0.5) is 5.69 Å². The van der Waals surface area contributed by atoms with Crippen molar-refractivity contribution in [1.29, 1.82) is 0 Å². The van der Waals surface area contributed by atoms with E-state index in [0.29, 0.717) is 22.2 Å². The first-order chi connectivity index (χ1) is 10.5. The fourth-order valence-corrected chi connectivity index (χ4v) is 2.84. The predicted octanol–water partition coefficient (Wildman–Crippen LogP) is 3.26. The lowest BCUT2D eigenvalue weighted by atomic mass is 10.1. The van der Waals surface area contributed by atoms with E-state index in [-0.39, 0.29) is 21.5 Å². The Balaban J connectivity index is 2.60. The van der Waals surface area contributed by atoms with Gasteiger partial charge in [-0.2, -0.15) is 0 Å². The second-order valence-electron chi connectivity index (χ2n) is 4.82. The lowest BCUT2D eigenvalue weighted by Crippen LogP contribution is -2.11. The van der Waals surface area contributed by atoms with Crippen LogP contribution in [0.25, 0.3) is 21.8 Å². The summed E-state index contributed by atoms with van der Waals surface area (Å²) in [5.74, 6) is 0.428. The molecule has 0 unspecified atom stereocenters. The normalized spacial score (nSPS) is 11.0. The quantitative estimate of drug-likeness (QED) is 0.413. The maximum absolute atomic E-state index is 12.7. The van der Waals surface area contributed by atoms with Crippen LogP contribution in [0.15, 0.2) is 35.1 Å². The number of methoxy groups -OCH3 is 1. The highest BCUT2D eigenvalue weighted by Crippen LogP contribution is 2.31. The number of nitrogens with zero attached hydrogens (tertiary/aromatic N) is 2. The Bertz CT molecular complexity index is 994. The largest absolute Gasteiger partial charge is 0.496 e. The van der Waals surface area contributed by atoms with Gasteiger partial charge in [-0.3, -0.25) is 14.9 Å². The molecule has 0 saturated carbocycles. The van der Waals surface area contributed by atoms with Crippen molar-refractivity contribution in [1.82, 2.24) is 4.57 Å². The number of hydrogen-bond acceptors (Lipinski definition) is 4. The van der Waals surface area contributed by atoms with Gasteiger partial charge in [-0.05, 0) is 18.2 Å². The molecule has 7 heteroatoms. The molecule has 0 aliphatic carbocycles. The Kier molecular flexibility index (Phi) is 3.26. The topological polar surface area (TPSA) is 74.4 Å². The lowest BCUT2D eigenvalue weighted by Gasteiger charge is -2.12. The van der Waals surface area contributed by atoms with Crippen LogP contribution in [-0.4, -0.2) is 16.6 Å². The molecule has 0 aliphatic heterocycles. The monoisotopic (exact) mass is 318 g/mol. The van der Waals surface area contributed by atoms with Crippen molar-refractivity contribution < 1.29 is 9.66 Å². The molecule has 22 heavy (non-hydrogen) atoms.